The molecule has 5 heteroatoms. The van der Waals surface area contributed by atoms with Gasteiger partial charge in [0, 0.05) is 25.7 Å². The van der Waals surface area contributed by atoms with E-state index in [-0.39, 0.29) is 5.91 Å². The molecule has 0 unspecified atom stereocenters. The number of aryl methyl sites for hydroxylation is 1. The molecule has 128 valence electrons. The van der Waals surface area contributed by atoms with Gasteiger partial charge in [0.1, 0.15) is 5.76 Å². The molecule has 2 heterocycles. The summed E-state index contributed by atoms with van der Waals surface area (Å²) in [5.74, 6) is 1.39. The first-order chi connectivity index (χ1) is 11.6. The Labute approximate surface area is 143 Å². The number of hydrogen-bond donors (Lipinski definition) is 0. The van der Waals surface area contributed by atoms with Gasteiger partial charge in [-0.05, 0) is 45.0 Å². The molecule has 1 aliphatic rings. The molecule has 24 heavy (non-hydrogen) atoms. The Hall–Kier alpha value is -2.14. The van der Waals surface area contributed by atoms with Crippen LogP contribution in [0.15, 0.2) is 34.7 Å². The van der Waals surface area contributed by atoms with Crippen molar-refractivity contribution in [1.82, 2.24) is 14.8 Å². The summed E-state index contributed by atoms with van der Waals surface area (Å²) < 4.78 is 5.73. The van der Waals surface area contributed by atoms with Gasteiger partial charge in [-0.25, -0.2) is 4.98 Å². The first kappa shape index (κ1) is 16.7. The zero-order valence-corrected chi connectivity index (χ0v) is 14.5. The average molecular weight is 327 g/mol. The lowest BCUT2D eigenvalue weighted by Crippen LogP contribution is -2.36. The highest BCUT2D eigenvalue weighted by molar-refractivity contribution is 5.78. The van der Waals surface area contributed by atoms with Gasteiger partial charge in [0.2, 0.25) is 11.8 Å². The summed E-state index contributed by atoms with van der Waals surface area (Å²) >= 11 is 0. The normalized spacial score (nSPS) is 14.9. The third kappa shape index (κ3) is 4.03. The fraction of sp³-hybridized carbons (Fsp3) is 0.474. The molecule has 1 amide bonds. The molecule has 0 atom stereocenters. The molecule has 0 spiro atoms. The largest absolute Gasteiger partial charge is 0.441 e. The molecule has 1 aromatic carbocycles. The smallest absolute Gasteiger partial charge is 0.228 e. The lowest BCUT2D eigenvalue weighted by atomic mass is 10.2. The zero-order chi connectivity index (χ0) is 16.9. The van der Waals surface area contributed by atoms with E-state index in [0.29, 0.717) is 12.3 Å². The van der Waals surface area contributed by atoms with Crippen LogP contribution in [-0.4, -0.2) is 53.9 Å². The van der Waals surface area contributed by atoms with E-state index in [1.54, 1.807) is 4.90 Å². The molecule has 1 aliphatic heterocycles. The third-order valence-electron chi connectivity index (χ3n) is 4.61. The van der Waals surface area contributed by atoms with Crippen LogP contribution in [0.3, 0.4) is 0 Å². The standard InChI is InChI=1S/C19H25N3O2/c1-15-17(20-19(24-15)16-8-4-3-5-9-16)14-18(23)21(2)12-13-22-10-6-7-11-22/h3-5,8-9H,6-7,10-14H2,1-2H3. The maximum Gasteiger partial charge on any atom is 0.228 e. The van der Waals surface area contributed by atoms with Crippen LogP contribution in [0.4, 0.5) is 0 Å². The number of oxazole rings is 1. The zero-order valence-electron chi connectivity index (χ0n) is 14.5. The number of likely N-dealkylation sites (tertiary alicyclic amines) is 1. The van der Waals surface area contributed by atoms with Crippen molar-refractivity contribution in [3.05, 3.63) is 41.8 Å². The molecule has 0 saturated carbocycles. The summed E-state index contributed by atoms with van der Waals surface area (Å²) in [5.41, 5.74) is 1.66. The number of rotatable bonds is 6. The molecular formula is C19H25N3O2. The molecule has 5 nitrogen and oxygen atoms in total. The first-order valence-corrected chi connectivity index (χ1v) is 8.61. The lowest BCUT2D eigenvalue weighted by Gasteiger charge is -2.21. The van der Waals surface area contributed by atoms with Crippen molar-refractivity contribution in [2.45, 2.75) is 26.2 Å². The molecule has 1 saturated heterocycles. The number of likely N-dealkylation sites (N-methyl/N-ethyl adjacent to an activating group) is 1. The number of benzene rings is 1. The van der Waals surface area contributed by atoms with Gasteiger partial charge in [0.05, 0.1) is 12.1 Å². The minimum absolute atomic E-state index is 0.0882. The van der Waals surface area contributed by atoms with Crippen molar-refractivity contribution in [1.29, 1.82) is 0 Å². The van der Waals surface area contributed by atoms with Crippen molar-refractivity contribution in [2.24, 2.45) is 0 Å². The minimum Gasteiger partial charge on any atom is -0.441 e. The summed E-state index contributed by atoms with van der Waals surface area (Å²) in [4.78, 5) is 21.2. The fourth-order valence-corrected chi connectivity index (χ4v) is 3.00. The maximum absolute atomic E-state index is 12.4. The highest BCUT2D eigenvalue weighted by Crippen LogP contribution is 2.21. The summed E-state index contributed by atoms with van der Waals surface area (Å²) in [7, 11) is 1.87. The molecular weight excluding hydrogens is 302 g/mol. The van der Waals surface area contributed by atoms with E-state index in [4.69, 9.17) is 4.42 Å². The highest BCUT2D eigenvalue weighted by Gasteiger charge is 2.18. The minimum atomic E-state index is 0.0882. The second-order valence-corrected chi connectivity index (χ2v) is 6.43. The number of hydrogen-bond acceptors (Lipinski definition) is 4. The van der Waals surface area contributed by atoms with Crippen LogP contribution in [-0.2, 0) is 11.2 Å². The van der Waals surface area contributed by atoms with Crippen molar-refractivity contribution >= 4 is 5.91 Å². The van der Waals surface area contributed by atoms with E-state index in [1.807, 2.05) is 44.3 Å². The second-order valence-electron chi connectivity index (χ2n) is 6.43. The number of carbonyl (C=O) groups is 1. The Bertz CT molecular complexity index is 675. The molecule has 0 N–H and O–H groups in total. The Morgan fingerprint density at radius 3 is 2.67 bits per heavy atom. The van der Waals surface area contributed by atoms with Crippen molar-refractivity contribution < 1.29 is 9.21 Å². The van der Waals surface area contributed by atoms with E-state index >= 15 is 0 Å². The molecule has 2 aromatic rings. The number of amides is 1. The van der Waals surface area contributed by atoms with Crippen molar-refractivity contribution in [2.75, 3.05) is 33.2 Å². The number of nitrogens with zero attached hydrogens (tertiary/aromatic N) is 3. The van der Waals surface area contributed by atoms with Crippen LogP contribution in [0, 0.1) is 6.92 Å². The molecule has 1 aromatic heterocycles. The topological polar surface area (TPSA) is 49.6 Å². The molecule has 0 radical (unpaired) electrons. The van der Waals surface area contributed by atoms with Crippen LogP contribution in [0.2, 0.25) is 0 Å². The monoisotopic (exact) mass is 327 g/mol. The highest BCUT2D eigenvalue weighted by atomic mass is 16.4. The van der Waals surface area contributed by atoms with Gasteiger partial charge in [0.15, 0.2) is 0 Å². The Balaban J connectivity index is 1.58. The van der Waals surface area contributed by atoms with E-state index < -0.39 is 0 Å². The first-order valence-electron chi connectivity index (χ1n) is 8.61. The van der Waals surface area contributed by atoms with Crippen LogP contribution < -0.4 is 0 Å². The van der Waals surface area contributed by atoms with Gasteiger partial charge < -0.3 is 14.2 Å². The van der Waals surface area contributed by atoms with Crippen LogP contribution in [0.1, 0.15) is 24.3 Å². The Kier molecular flexibility index (Phi) is 5.30. The van der Waals surface area contributed by atoms with Gasteiger partial charge in [-0.2, -0.15) is 0 Å². The average Bonchev–Trinajstić information content (AvgIpc) is 3.24. The molecule has 0 bridgehead atoms. The second kappa shape index (κ2) is 7.62. The van der Waals surface area contributed by atoms with Crippen LogP contribution in [0.25, 0.3) is 11.5 Å². The van der Waals surface area contributed by atoms with Gasteiger partial charge in [0.25, 0.3) is 0 Å². The molecule has 1 fully saturated rings. The van der Waals surface area contributed by atoms with Gasteiger partial charge in [-0.15, -0.1) is 0 Å². The van der Waals surface area contributed by atoms with Crippen LogP contribution in [0.5, 0.6) is 0 Å². The molecule has 3 rings (SSSR count). The van der Waals surface area contributed by atoms with Crippen molar-refractivity contribution in [3.8, 4) is 11.5 Å². The van der Waals surface area contributed by atoms with Crippen LogP contribution >= 0.6 is 0 Å². The van der Waals surface area contributed by atoms with Gasteiger partial charge in [-0.1, -0.05) is 18.2 Å². The quantitative estimate of drug-likeness (QED) is 0.818. The summed E-state index contributed by atoms with van der Waals surface area (Å²) in [5, 5.41) is 0. The van der Waals surface area contributed by atoms with Gasteiger partial charge in [-0.3, -0.25) is 4.79 Å². The Morgan fingerprint density at radius 2 is 1.96 bits per heavy atom. The maximum atomic E-state index is 12.4. The lowest BCUT2D eigenvalue weighted by molar-refractivity contribution is -0.129. The van der Waals surface area contributed by atoms with Gasteiger partial charge >= 0.3 is 0 Å². The molecule has 0 aliphatic carbocycles. The third-order valence-corrected chi connectivity index (χ3v) is 4.61. The van der Waals surface area contributed by atoms with E-state index in [0.717, 1.165) is 43.2 Å². The van der Waals surface area contributed by atoms with E-state index in [9.17, 15) is 4.79 Å². The summed E-state index contributed by atoms with van der Waals surface area (Å²) in [6, 6.07) is 9.77. The predicted octanol–water partition coefficient (Wildman–Crippen LogP) is 2.75. The van der Waals surface area contributed by atoms with E-state index in [2.05, 4.69) is 9.88 Å². The number of carbonyl (C=O) groups excluding carboxylic acids is 1. The predicted molar refractivity (Wildman–Crippen MR) is 93.7 cm³/mol. The summed E-state index contributed by atoms with van der Waals surface area (Å²) in [6.07, 6.45) is 2.84. The van der Waals surface area contributed by atoms with E-state index in [1.165, 1.54) is 12.8 Å². The van der Waals surface area contributed by atoms with Crippen molar-refractivity contribution in [3.63, 3.8) is 0 Å². The summed E-state index contributed by atoms with van der Waals surface area (Å²) in [6.45, 7) is 5.90. The fourth-order valence-electron chi connectivity index (χ4n) is 3.00. The Morgan fingerprint density at radius 1 is 1.25 bits per heavy atom. The number of aromatic nitrogens is 1. The SMILES string of the molecule is Cc1oc(-c2ccccc2)nc1CC(=O)N(C)CCN1CCCC1.